The minimum Gasteiger partial charge on any atom is -0.397 e. The molecule has 1 aliphatic heterocycles. The first-order valence-corrected chi connectivity index (χ1v) is 5.55. The summed E-state index contributed by atoms with van der Waals surface area (Å²) in [5.74, 6) is -0.0610. The van der Waals surface area contributed by atoms with Gasteiger partial charge >= 0.3 is 0 Å². The molecule has 4 N–H and O–H groups in total. The number of amides is 2. The SMILES string of the molecule is CN1CC(NC(=O)c2cc(N)c[nH]2)CCC1=O. The van der Waals surface area contributed by atoms with Crippen molar-refractivity contribution in [3.05, 3.63) is 18.0 Å². The number of nitrogens with two attached hydrogens (primary N) is 1. The van der Waals surface area contributed by atoms with Crippen LogP contribution in [0.1, 0.15) is 23.3 Å². The Morgan fingerprint density at radius 1 is 1.65 bits per heavy atom. The zero-order chi connectivity index (χ0) is 12.4. The molecule has 0 saturated carbocycles. The van der Waals surface area contributed by atoms with Gasteiger partial charge in [0.15, 0.2) is 0 Å². The van der Waals surface area contributed by atoms with Gasteiger partial charge in [0.2, 0.25) is 5.91 Å². The zero-order valence-corrected chi connectivity index (χ0v) is 9.69. The largest absolute Gasteiger partial charge is 0.397 e. The third-order valence-corrected chi connectivity index (χ3v) is 2.91. The number of hydrogen-bond donors (Lipinski definition) is 3. The normalized spacial score (nSPS) is 20.4. The third kappa shape index (κ3) is 2.58. The number of piperidine rings is 1. The molecule has 92 valence electrons. The van der Waals surface area contributed by atoms with Crippen molar-refractivity contribution in [1.29, 1.82) is 0 Å². The minimum absolute atomic E-state index is 0.00900. The Kier molecular flexibility index (Phi) is 3.03. The smallest absolute Gasteiger partial charge is 0.268 e. The van der Waals surface area contributed by atoms with E-state index in [1.807, 2.05) is 0 Å². The number of carbonyl (C=O) groups excluding carboxylic acids is 2. The van der Waals surface area contributed by atoms with Crippen LogP contribution in [-0.2, 0) is 4.79 Å². The van der Waals surface area contributed by atoms with Crippen LogP contribution in [0.2, 0.25) is 0 Å². The molecule has 0 aliphatic carbocycles. The van der Waals surface area contributed by atoms with E-state index in [1.165, 1.54) is 0 Å². The number of rotatable bonds is 2. The predicted octanol–water partition coefficient (Wildman–Crippen LogP) is -0.0525. The average Bonchev–Trinajstić information content (AvgIpc) is 2.70. The molecule has 0 aromatic carbocycles. The molecule has 2 amide bonds. The maximum Gasteiger partial charge on any atom is 0.268 e. The van der Waals surface area contributed by atoms with Gasteiger partial charge in [-0.15, -0.1) is 0 Å². The maximum absolute atomic E-state index is 11.8. The maximum atomic E-state index is 11.8. The van der Waals surface area contributed by atoms with Crippen LogP contribution in [0.4, 0.5) is 5.69 Å². The Hall–Kier alpha value is -1.98. The van der Waals surface area contributed by atoms with Gasteiger partial charge in [-0.2, -0.15) is 0 Å². The number of aromatic amines is 1. The van der Waals surface area contributed by atoms with Gasteiger partial charge in [0.1, 0.15) is 5.69 Å². The number of nitrogens with one attached hydrogen (secondary N) is 2. The number of H-pyrrole nitrogens is 1. The number of aromatic nitrogens is 1. The molecule has 1 unspecified atom stereocenters. The van der Waals surface area contributed by atoms with Gasteiger partial charge in [0.05, 0.1) is 0 Å². The quantitative estimate of drug-likeness (QED) is 0.672. The first-order valence-electron chi connectivity index (χ1n) is 5.55. The highest BCUT2D eigenvalue weighted by molar-refractivity contribution is 5.93. The highest BCUT2D eigenvalue weighted by Crippen LogP contribution is 2.11. The number of nitrogens with zero attached hydrogens (tertiary/aromatic N) is 1. The lowest BCUT2D eigenvalue weighted by Gasteiger charge is -2.29. The van der Waals surface area contributed by atoms with Gasteiger partial charge in [-0.25, -0.2) is 0 Å². The first-order chi connectivity index (χ1) is 8.06. The number of likely N-dealkylation sites (tertiary alicyclic amines) is 1. The molecule has 6 heteroatoms. The van der Waals surface area contributed by atoms with Gasteiger partial charge in [0.25, 0.3) is 5.91 Å². The Morgan fingerprint density at radius 2 is 2.41 bits per heavy atom. The average molecular weight is 236 g/mol. The second-order valence-corrected chi connectivity index (χ2v) is 4.33. The Bertz CT molecular complexity index is 440. The summed E-state index contributed by atoms with van der Waals surface area (Å²) in [6, 6.07) is 1.60. The molecule has 6 nitrogen and oxygen atoms in total. The monoisotopic (exact) mass is 236 g/mol. The van der Waals surface area contributed by atoms with E-state index < -0.39 is 0 Å². The molecule has 1 aliphatic rings. The standard InChI is InChI=1S/C11H16N4O2/c1-15-6-8(2-3-10(15)16)14-11(17)9-4-7(12)5-13-9/h4-5,8,13H,2-3,6,12H2,1H3,(H,14,17). The fraction of sp³-hybridized carbons (Fsp3) is 0.455. The van der Waals surface area contributed by atoms with Crippen LogP contribution in [0.25, 0.3) is 0 Å². The van der Waals surface area contributed by atoms with Crippen LogP contribution in [0.15, 0.2) is 12.3 Å². The highest BCUT2D eigenvalue weighted by atomic mass is 16.2. The molecular weight excluding hydrogens is 220 g/mol. The lowest BCUT2D eigenvalue weighted by molar-refractivity contribution is -0.132. The van der Waals surface area contributed by atoms with E-state index >= 15 is 0 Å². The highest BCUT2D eigenvalue weighted by Gasteiger charge is 2.24. The van der Waals surface area contributed by atoms with E-state index in [0.29, 0.717) is 30.8 Å². The molecule has 1 saturated heterocycles. The van der Waals surface area contributed by atoms with Gasteiger partial charge in [-0.05, 0) is 12.5 Å². The summed E-state index contributed by atoms with van der Waals surface area (Å²) in [7, 11) is 1.74. The predicted molar refractivity (Wildman–Crippen MR) is 63.3 cm³/mol. The molecule has 2 rings (SSSR count). The second kappa shape index (κ2) is 4.48. The lowest BCUT2D eigenvalue weighted by atomic mass is 10.1. The summed E-state index contributed by atoms with van der Waals surface area (Å²) >= 11 is 0. The van der Waals surface area contributed by atoms with Crippen molar-refractivity contribution in [2.45, 2.75) is 18.9 Å². The molecule has 0 bridgehead atoms. The van der Waals surface area contributed by atoms with Crippen molar-refractivity contribution in [2.24, 2.45) is 0 Å². The molecule has 17 heavy (non-hydrogen) atoms. The molecule has 0 radical (unpaired) electrons. The molecule has 1 fully saturated rings. The molecule has 1 aromatic heterocycles. The van der Waals surface area contributed by atoms with E-state index in [0.717, 1.165) is 0 Å². The number of likely N-dealkylation sites (N-methyl/N-ethyl adjacent to an activating group) is 1. The third-order valence-electron chi connectivity index (χ3n) is 2.91. The van der Waals surface area contributed by atoms with Crippen LogP contribution in [0.3, 0.4) is 0 Å². The number of anilines is 1. The fourth-order valence-electron chi connectivity index (χ4n) is 1.94. The topological polar surface area (TPSA) is 91.2 Å². The van der Waals surface area contributed by atoms with Crippen molar-refractivity contribution < 1.29 is 9.59 Å². The van der Waals surface area contributed by atoms with Gasteiger partial charge < -0.3 is 20.9 Å². The number of nitrogen functional groups attached to an aromatic ring is 1. The molecule has 2 heterocycles. The van der Waals surface area contributed by atoms with Crippen LogP contribution in [0.5, 0.6) is 0 Å². The van der Waals surface area contributed by atoms with Crippen LogP contribution in [0, 0.1) is 0 Å². The summed E-state index contributed by atoms with van der Waals surface area (Å²) in [6.07, 6.45) is 2.74. The Balaban J connectivity index is 1.93. The molecule has 1 atom stereocenters. The van der Waals surface area contributed by atoms with Crippen molar-refractivity contribution in [3.63, 3.8) is 0 Å². The minimum atomic E-state index is -0.186. The number of carbonyl (C=O) groups is 2. The van der Waals surface area contributed by atoms with E-state index in [4.69, 9.17) is 5.73 Å². The molecule has 1 aromatic rings. The van der Waals surface area contributed by atoms with E-state index in [9.17, 15) is 9.59 Å². The number of hydrogen-bond acceptors (Lipinski definition) is 3. The van der Waals surface area contributed by atoms with Crippen LogP contribution < -0.4 is 11.1 Å². The fourth-order valence-corrected chi connectivity index (χ4v) is 1.94. The van der Waals surface area contributed by atoms with E-state index in [-0.39, 0.29) is 17.9 Å². The molecular formula is C11H16N4O2. The van der Waals surface area contributed by atoms with Crippen molar-refractivity contribution >= 4 is 17.5 Å². The van der Waals surface area contributed by atoms with Crippen molar-refractivity contribution in [3.8, 4) is 0 Å². The zero-order valence-electron chi connectivity index (χ0n) is 9.69. The lowest BCUT2D eigenvalue weighted by Crippen LogP contribution is -2.48. The van der Waals surface area contributed by atoms with Crippen LogP contribution in [-0.4, -0.2) is 41.3 Å². The second-order valence-electron chi connectivity index (χ2n) is 4.33. The van der Waals surface area contributed by atoms with Gasteiger partial charge in [0, 0.05) is 37.9 Å². The summed E-state index contributed by atoms with van der Waals surface area (Å²) in [4.78, 5) is 27.5. The Morgan fingerprint density at radius 3 is 3.00 bits per heavy atom. The van der Waals surface area contributed by atoms with E-state index in [1.54, 1.807) is 24.2 Å². The van der Waals surface area contributed by atoms with Crippen molar-refractivity contribution in [2.75, 3.05) is 19.3 Å². The Labute approximate surface area is 99.2 Å². The summed E-state index contributed by atoms with van der Waals surface area (Å²) < 4.78 is 0. The summed E-state index contributed by atoms with van der Waals surface area (Å²) in [5, 5.41) is 2.88. The summed E-state index contributed by atoms with van der Waals surface area (Å²) in [6.45, 7) is 0.556. The molecule has 0 spiro atoms. The van der Waals surface area contributed by atoms with E-state index in [2.05, 4.69) is 10.3 Å². The first kappa shape index (κ1) is 11.5. The van der Waals surface area contributed by atoms with Gasteiger partial charge in [-0.3, -0.25) is 9.59 Å². The van der Waals surface area contributed by atoms with Gasteiger partial charge in [-0.1, -0.05) is 0 Å². The summed E-state index contributed by atoms with van der Waals surface area (Å²) in [5.41, 5.74) is 6.51. The van der Waals surface area contributed by atoms with Crippen LogP contribution >= 0.6 is 0 Å². The van der Waals surface area contributed by atoms with Crippen molar-refractivity contribution in [1.82, 2.24) is 15.2 Å².